The zero-order chi connectivity index (χ0) is 25.6. The highest BCUT2D eigenvalue weighted by atomic mass is 16.6. The maximum absolute atomic E-state index is 14.1. The van der Waals surface area contributed by atoms with Crippen LogP contribution in [0.1, 0.15) is 65.2 Å². The Labute approximate surface area is 209 Å². The van der Waals surface area contributed by atoms with Gasteiger partial charge in [-0.3, -0.25) is 14.4 Å². The van der Waals surface area contributed by atoms with Gasteiger partial charge in [-0.15, -0.1) is 13.2 Å². The third kappa shape index (κ3) is 5.05. The van der Waals surface area contributed by atoms with Gasteiger partial charge in [0.05, 0.1) is 37.2 Å². The lowest BCUT2D eigenvalue weighted by atomic mass is 9.70. The fourth-order valence-corrected chi connectivity index (χ4v) is 6.11. The Bertz CT molecular complexity index is 797. The van der Waals surface area contributed by atoms with E-state index in [1.54, 1.807) is 17.1 Å². The second kappa shape index (κ2) is 12.2. The van der Waals surface area contributed by atoms with Crippen molar-refractivity contribution >= 4 is 17.8 Å². The van der Waals surface area contributed by atoms with Crippen molar-refractivity contribution < 1.29 is 29.0 Å². The second-order valence-electron chi connectivity index (χ2n) is 9.92. The molecule has 0 aromatic carbocycles. The molecule has 0 aromatic rings. The van der Waals surface area contributed by atoms with E-state index < -0.39 is 41.6 Å². The molecule has 196 valence electrons. The molecule has 0 aromatic heterocycles. The lowest BCUT2D eigenvalue weighted by Crippen LogP contribution is -2.58. The fourth-order valence-electron chi connectivity index (χ4n) is 6.11. The minimum absolute atomic E-state index is 0.190. The Morgan fingerprint density at radius 3 is 2.69 bits per heavy atom. The maximum atomic E-state index is 14.1. The van der Waals surface area contributed by atoms with E-state index in [4.69, 9.17) is 9.47 Å². The molecule has 1 N–H and O–H groups in total. The molecule has 3 heterocycles. The van der Waals surface area contributed by atoms with Crippen molar-refractivity contribution in [3.05, 3.63) is 25.3 Å². The molecule has 8 nitrogen and oxygen atoms in total. The molecule has 3 aliphatic rings. The molecule has 0 aliphatic carbocycles. The van der Waals surface area contributed by atoms with Gasteiger partial charge in [-0.2, -0.15) is 0 Å². The van der Waals surface area contributed by atoms with Gasteiger partial charge in [-0.05, 0) is 38.5 Å². The van der Waals surface area contributed by atoms with E-state index in [1.165, 1.54) is 4.90 Å². The summed E-state index contributed by atoms with van der Waals surface area (Å²) >= 11 is 0. The number of amides is 2. The SMILES string of the molecule is C=CCCCOC(=O)[C@@H]1[C@@H]2CCC3(O2)C(C(=O)N(CC=C)CCCCC)N([C@@H](CC)CO)C(=O)[C@H]13. The van der Waals surface area contributed by atoms with Crippen LogP contribution in [0.5, 0.6) is 0 Å². The number of likely N-dealkylation sites (tertiary alicyclic amines) is 1. The first-order valence-corrected chi connectivity index (χ1v) is 13.2. The Hall–Kier alpha value is -2.19. The first-order chi connectivity index (χ1) is 16.9. The number of rotatable bonds is 15. The highest BCUT2D eigenvalue weighted by Crippen LogP contribution is 2.59. The Morgan fingerprint density at radius 1 is 1.29 bits per heavy atom. The third-order valence-electron chi connectivity index (χ3n) is 7.81. The van der Waals surface area contributed by atoms with Crippen LogP contribution in [-0.2, 0) is 23.9 Å². The van der Waals surface area contributed by atoms with Gasteiger partial charge in [0.2, 0.25) is 11.8 Å². The lowest BCUT2D eigenvalue weighted by Gasteiger charge is -2.39. The third-order valence-corrected chi connectivity index (χ3v) is 7.81. The summed E-state index contributed by atoms with van der Waals surface area (Å²) in [6.07, 6.45) is 8.93. The molecule has 1 spiro atoms. The minimum Gasteiger partial charge on any atom is -0.465 e. The van der Waals surface area contributed by atoms with Gasteiger partial charge in [0.1, 0.15) is 11.6 Å². The summed E-state index contributed by atoms with van der Waals surface area (Å²) in [5, 5.41) is 10.1. The molecule has 8 heteroatoms. The molecule has 2 unspecified atom stereocenters. The van der Waals surface area contributed by atoms with Crippen LogP contribution in [-0.4, -0.2) is 82.8 Å². The number of hydrogen-bond acceptors (Lipinski definition) is 6. The molecule has 0 radical (unpaired) electrons. The van der Waals surface area contributed by atoms with Crippen LogP contribution in [0.25, 0.3) is 0 Å². The lowest BCUT2D eigenvalue weighted by molar-refractivity contribution is -0.156. The number of aliphatic hydroxyl groups is 1. The summed E-state index contributed by atoms with van der Waals surface area (Å²) < 4.78 is 12.0. The molecular formula is C27H42N2O6. The summed E-state index contributed by atoms with van der Waals surface area (Å²) in [5.41, 5.74) is -1.07. The van der Waals surface area contributed by atoms with Gasteiger partial charge in [0, 0.05) is 13.1 Å². The van der Waals surface area contributed by atoms with Crippen molar-refractivity contribution in [2.24, 2.45) is 11.8 Å². The number of unbranched alkanes of at least 4 members (excludes halogenated alkanes) is 3. The van der Waals surface area contributed by atoms with Crippen LogP contribution in [0.15, 0.2) is 25.3 Å². The van der Waals surface area contributed by atoms with Crippen LogP contribution in [0.4, 0.5) is 0 Å². The normalized spacial score (nSPS) is 29.7. The number of carbonyl (C=O) groups excluding carboxylic acids is 3. The minimum atomic E-state index is -1.07. The average molecular weight is 491 g/mol. The summed E-state index contributed by atoms with van der Waals surface area (Å²) in [5.74, 6) is -2.42. The number of aliphatic hydroxyl groups excluding tert-OH is 1. The highest BCUT2D eigenvalue weighted by Gasteiger charge is 2.75. The summed E-state index contributed by atoms with van der Waals surface area (Å²) in [4.78, 5) is 44.4. The Balaban J connectivity index is 1.94. The van der Waals surface area contributed by atoms with Gasteiger partial charge in [-0.1, -0.05) is 38.8 Å². The van der Waals surface area contributed by atoms with Gasteiger partial charge in [0.25, 0.3) is 0 Å². The molecule has 6 atom stereocenters. The van der Waals surface area contributed by atoms with Gasteiger partial charge < -0.3 is 24.4 Å². The van der Waals surface area contributed by atoms with Crippen molar-refractivity contribution in [2.75, 3.05) is 26.3 Å². The number of esters is 1. The zero-order valence-electron chi connectivity index (χ0n) is 21.3. The van der Waals surface area contributed by atoms with Crippen LogP contribution >= 0.6 is 0 Å². The van der Waals surface area contributed by atoms with Crippen molar-refractivity contribution in [1.82, 2.24) is 9.80 Å². The first kappa shape index (κ1) is 27.4. The number of hydrogen-bond donors (Lipinski definition) is 1. The monoisotopic (exact) mass is 490 g/mol. The summed E-state index contributed by atoms with van der Waals surface area (Å²) in [7, 11) is 0. The van der Waals surface area contributed by atoms with E-state index in [2.05, 4.69) is 20.1 Å². The van der Waals surface area contributed by atoms with E-state index in [1.807, 2.05) is 6.92 Å². The van der Waals surface area contributed by atoms with E-state index in [9.17, 15) is 19.5 Å². The smallest absolute Gasteiger partial charge is 0.312 e. The number of allylic oxidation sites excluding steroid dienone is 1. The van der Waals surface area contributed by atoms with Crippen molar-refractivity contribution in [1.29, 1.82) is 0 Å². The van der Waals surface area contributed by atoms with Crippen molar-refractivity contribution in [2.45, 2.75) is 89.0 Å². The largest absolute Gasteiger partial charge is 0.465 e. The molecule has 2 bridgehead atoms. The van der Waals surface area contributed by atoms with Gasteiger partial charge >= 0.3 is 5.97 Å². The zero-order valence-corrected chi connectivity index (χ0v) is 21.3. The quantitative estimate of drug-likeness (QED) is 0.215. The molecule has 3 fully saturated rings. The summed E-state index contributed by atoms with van der Waals surface area (Å²) in [6.45, 7) is 12.4. The number of nitrogens with zero attached hydrogens (tertiary/aromatic N) is 2. The van der Waals surface area contributed by atoms with Crippen molar-refractivity contribution in [3.63, 3.8) is 0 Å². The Kier molecular flexibility index (Phi) is 9.53. The number of fused-ring (bicyclic) bond motifs is 1. The maximum Gasteiger partial charge on any atom is 0.312 e. The van der Waals surface area contributed by atoms with E-state index in [-0.39, 0.29) is 25.0 Å². The van der Waals surface area contributed by atoms with Crippen LogP contribution in [0.2, 0.25) is 0 Å². The fraction of sp³-hybridized carbons (Fsp3) is 0.741. The van der Waals surface area contributed by atoms with E-state index >= 15 is 0 Å². The molecule has 3 aliphatic heterocycles. The molecule has 35 heavy (non-hydrogen) atoms. The number of carbonyl (C=O) groups is 3. The van der Waals surface area contributed by atoms with Gasteiger partial charge in [-0.25, -0.2) is 0 Å². The number of ether oxygens (including phenoxy) is 2. The van der Waals surface area contributed by atoms with Gasteiger partial charge in [0.15, 0.2) is 0 Å². The summed E-state index contributed by atoms with van der Waals surface area (Å²) in [6, 6.07) is -1.40. The van der Waals surface area contributed by atoms with E-state index in [0.29, 0.717) is 38.8 Å². The Morgan fingerprint density at radius 2 is 2.06 bits per heavy atom. The molecular weight excluding hydrogens is 448 g/mol. The van der Waals surface area contributed by atoms with E-state index in [0.717, 1.165) is 25.7 Å². The predicted octanol–water partition coefficient (Wildman–Crippen LogP) is 2.85. The average Bonchev–Trinajstić information content (AvgIpc) is 3.49. The molecule has 3 rings (SSSR count). The molecule has 2 amide bonds. The van der Waals surface area contributed by atoms with Crippen LogP contribution in [0, 0.1) is 11.8 Å². The molecule has 0 saturated carbocycles. The predicted molar refractivity (Wildman–Crippen MR) is 132 cm³/mol. The standard InChI is InChI=1S/C27H42N2O6/c1-5-9-11-16-28(15-7-3)25(32)23-27-14-13-20(35-27)21(26(33)34-17-12-10-6-2)22(27)24(31)29(23)19(8-4)18-30/h6-7,19-23,30H,2-3,5,8-18H2,1,4H3/t19-,20-,21+,22-,23?,27?/m0/s1. The second-order valence-corrected chi connectivity index (χ2v) is 9.92. The van der Waals surface area contributed by atoms with Crippen LogP contribution < -0.4 is 0 Å². The van der Waals surface area contributed by atoms with Crippen LogP contribution in [0.3, 0.4) is 0 Å². The topological polar surface area (TPSA) is 96.4 Å². The highest BCUT2D eigenvalue weighted by molar-refractivity contribution is 5.98. The molecule has 3 saturated heterocycles. The van der Waals surface area contributed by atoms with Crippen molar-refractivity contribution in [3.8, 4) is 0 Å². The first-order valence-electron chi connectivity index (χ1n) is 13.2.